The molecule has 0 bridgehead atoms. The number of carbonyl (C=O) groups is 2. The van der Waals surface area contributed by atoms with Crippen LogP contribution >= 0.6 is 11.6 Å². The second kappa shape index (κ2) is 5.81. The predicted molar refractivity (Wildman–Crippen MR) is 78.9 cm³/mol. The molecule has 0 aromatic heterocycles. The summed E-state index contributed by atoms with van der Waals surface area (Å²) in [5.41, 5.74) is 5.37. The maximum absolute atomic E-state index is 12.3. The van der Waals surface area contributed by atoms with E-state index in [1.165, 1.54) is 6.07 Å². The van der Waals surface area contributed by atoms with E-state index in [9.17, 15) is 9.59 Å². The van der Waals surface area contributed by atoms with Crippen LogP contribution in [0.4, 0.5) is 5.69 Å². The fourth-order valence-electron chi connectivity index (χ4n) is 2.31. The highest BCUT2D eigenvalue weighted by Crippen LogP contribution is 2.23. The first-order valence-electron chi connectivity index (χ1n) is 6.58. The highest BCUT2D eigenvalue weighted by Gasteiger charge is 2.34. The third-order valence-electron chi connectivity index (χ3n) is 3.61. The number of nitrogens with two attached hydrogens (primary N) is 1. The first kappa shape index (κ1) is 14.8. The average Bonchev–Trinajstić information content (AvgIpc) is 2.41. The van der Waals surface area contributed by atoms with Gasteiger partial charge in [-0.2, -0.15) is 0 Å². The Morgan fingerprint density at radius 1 is 1.40 bits per heavy atom. The van der Waals surface area contributed by atoms with Crippen LogP contribution < -0.4 is 16.4 Å². The predicted octanol–water partition coefficient (Wildman–Crippen LogP) is 1.91. The summed E-state index contributed by atoms with van der Waals surface area (Å²) in [5.74, 6) is -0.733. The number of rotatable bonds is 3. The van der Waals surface area contributed by atoms with E-state index >= 15 is 0 Å². The summed E-state index contributed by atoms with van der Waals surface area (Å²) in [5, 5.41) is 6.32. The van der Waals surface area contributed by atoms with Crippen LogP contribution in [0.25, 0.3) is 0 Å². The molecule has 1 aliphatic rings. The molecule has 1 fully saturated rings. The van der Waals surface area contributed by atoms with Gasteiger partial charge < -0.3 is 16.4 Å². The molecule has 20 heavy (non-hydrogen) atoms. The SMILES string of the molecule is CC1(C(=O)Nc2ccc(Cl)c(C(N)=O)c2)CCCCN1. The van der Waals surface area contributed by atoms with E-state index in [1.807, 2.05) is 6.92 Å². The van der Waals surface area contributed by atoms with Crippen molar-refractivity contribution >= 4 is 29.1 Å². The topological polar surface area (TPSA) is 84.2 Å². The molecule has 1 aromatic rings. The second-order valence-corrected chi connectivity index (χ2v) is 5.64. The van der Waals surface area contributed by atoms with Gasteiger partial charge >= 0.3 is 0 Å². The molecule has 0 aliphatic carbocycles. The average molecular weight is 296 g/mol. The van der Waals surface area contributed by atoms with Crippen LogP contribution in [-0.4, -0.2) is 23.9 Å². The molecular weight excluding hydrogens is 278 g/mol. The fourth-order valence-corrected chi connectivity index (χ4v) is 2.52. The first-order chi connectivity index (χ1) is 9.42. The molecule has 4 N–H and O–H groups in total. The third kappa shape index (κ3) is 3.11. The Balaban J connectivity index is 2.15. The van der Waals surface area contributed by atoms with Crippen molar-refractivity contribution in [3.05, 3.63) is 28.8 Å². The summed E-state index contributed by atoms with van der Waals surface area (Å²) < 4.78 is 0. The molecule has 1 atom stereocenters. The van der Waals surface area contributed by atoms with Gasteiger partial charge in [0.05, 0.1) is 16.1 Å². The van der Waals surface area contributed by atoms with Gasteiger partial charge in [0.25, 0.3) is 0 Å². The number of benzene rings is 1. The maximum Gasteiger partial charge on any atom is 0.250 e. The highest BCUT2D eigenvalue weighted by molar-refractivity contribution is 6.34. The zero-order valence-corrected chi connectivity index (χ0v) is 12.1. The summed E-state index contributed by atoms with van der Waals surface area (Å²) in [7, 11) is 0. The molecule has 1 saturated heterocycles. The van der Waals surface area contributed by atoms with E-state index < -0.39 is 11.4 Å². The van der Waals surface area contributed by atoms with Crippen LogP contribution in [0, 0.1) is 0 Å². The van der Waals surface area contributed by atoms with Gasteiger partial charge in [0.1, 0.15) is 0 Å². The van der Waals surface area contributed by atoms with E-state index in [0.717, 1.165) is 25.8 Å². The lowest BCUT2D eigenvalue weighted by Gasteiger charge is -2.33. The lowest BCUT2D eigenvalue weighted by Crippen LogP contribution is -2.54. The van der Waals surface area contributed by atoms with Crippen molar-refractivity contribution in [1.82, 2.24) is 5.32 Å². The number of hydrogen-bond donors (Lipinski definition) is 3. The Morgan fingerprint density at radius 3 is 2.75 bits per heavy atom. The van der Waals surface area contributed by atoms with E-state index in [1.54, 1.807) is 12.1 Å². The number of nitrogens with one attached hydrogen (secondary N) is 2. The summed E-state index contributed by atoms with van der Waals surface area (Å²) in [4.78, 5) is 23.6. The lowest BCUT2D eigenvalue weighted by atomic mass is 9.90. The van der Waals surface area contributed by atoms with Gasteiger partial charge in [0.2, 0.25) is 11.8 Å². The molecule has 2 amide bonds. The smallest absolute Gasteiger partial charge is 0.250 e. The monoisotopic (exact) mass is 295 g/mol. The molecule has 1 aromatic carbocycles. The normalized spacial score (nSPS) is 22.3. The van der Waals surface area contributed by atoms with Crippen molar-refractivity contribution < 1.29 is 9.59 Å². The Bertz CT molecular complexity index is 539. The van der Waals surface area contributed by atoms with Crippen molar-refractivity contribution in [3.8, 4) is 0 Å². The van der Waals surface area contributed by atoms with Crippen LogP contribution in [0.2, 0.25) is 5.02 Å². The van der Waals surface area contributed by atoms with E-state index in [0.29, 0.717) is 5.69 Å². The van der Waals surface area contributed by atoms with Gasteiger partial charge in [-0.3, -0.25) is 9.59 Å². The molecule has 2 rings (SSSR count). The molecule has 0 saturated carbocycles. The minimum atomic E-state index is -0.617. The van der Waals surface area contributed by atoms with Crippen molar-refractivity contribution in [1.29, 1.82) is 0 Å². The van der Waals surface area contributed by atoms with Gasteiger partial charge in [-0.05, 0) is 50.9 Å². The number of primary amides is 1. The summed E-state index contributed by atoms with van der Waals surface area (Å²) in [6.07, 6.45) is 2.88. The number of amides is 2. The van der Waals surface area contributed by atoms with Crippen LogP contribution in [0.15, 0.2) is 18.2 Å². The van der Waals surface area contributed by atoms with Crippen LogP contribution in [0.3, 0.4) is 0 Å². The molecule has 5 nitrogen and oxygen atoms in total. The minimum Gasteiger partial charge on any atom is -0.366 e. The Kier molecular flexibility index (Phi) is 4.30. The Hall–Kier alpha value is -1.59. The molecule has 0 spiro atoms. The van der Waals surface area contributed by atoms with Crippen LogP contribution in [-0.2, 0) is 4.79 Å². The van der Waals surface area contributed by atoms with Crippen LogP contribution in [0.5, 0.6) is 0 Å². The number of carbonyl (C=O) groups excluding carboxylic acids is 2. The number of anilines is 1. The molecular formula is C14H18ClN3O2. The zero-order chi connectivity index (χ0) is 14.8. The van der Waals surface area contributed by atoms with Crippen molar-refractivity contribution in [3.63, 3.8) is 0 Å². The summed E-state index contributed by atoms with van der Waals surface area (Å²) in [6.45, 7) is 2.71. The van der Waals surface area contributed by atoms with E-state index in [2.05, 4.69) is 10.6 Å². The van der Waals surface area contributed by atoms with Gasteiger partial charge in [-0.25, -0.2) is 0 Å². The van der Waals surface area contributed by atoms with Gasteiger partial charge in [0, 0.05) is 5.69 Å². The summed E-state index contributed by atoms with van der Waals surface area (Å²) >= 11 is 5.88. The molecule has 0 radical (unpaired) electrons. The third-order valence-corrected chi connectivity index (χ3v) is 3.94. The summed E-state index contributed by atoms with van der Waals surface area (Å²) in [6, 6.07) is 4.70. The van der Waals surface area contributed by atoms with E-state index in [4.69, 9.17) is 17.3 Å². The van der Waals surface area contributed by atoms with Crippen LogP contribution in [0.1, 0.15) is 36.5 Å². The standard InChI is InChI=1S/C14H18ClN3O2/c1-14(6-2-3-7-17-14)13(20)18-9-4-5-11(15)10(8-9)12(16)19/h4-5,8,17H,2-3,6-7H2,1H3,(H2,16,19)(H,18,20). The lowest BCUT2D eigenvalue weighted by molar-refractivity contribution is -0.122. The number of halogens is 1. The maximum atomic E-state index is 12.3. The molecule has 108 valence electrons. The Morgan fingerprint density at radius 2 is 2.15 bits per heavy atom. The zero-order valence-electron chi connectivity index (χ0n) is 11.3. The van der Waals surface area contributed by atoms with Crippen molar-refractivity contribution in [2.45, 2.75) is 31.7 Å². The van der Waals surface area contributed by atoms with Crippen molar-refractivity contribution in [2.75, 3.05) is 11.9 Å². The molecule has 1 heterocycles. The number of hydrogen-bond acceptors (Lipinski definition) is 3. The second-order valence-electron chi connectivity index (χ2n) is 5.23. The van der Waals surface area contributed by atoms with Crippen molar-refractivity contribution in [2.24, 2.45) is 5.73 Å². The first-order valence-corrected chi connectivity index (χ1v) is 6.96. The molecule has 1 unspecified atom stereocenters. The number of piperidine rings is 1. The highest BCUT2D eigenvalue weighted by atomic mass is 35.5. The minimum absolute atomic E-state index is 0.116. The quantitative estimate of drug-likeness (QED) is 0.796. The fraction of sp³-hybridized carbons (Fsp3) is 0.429. The largest absolute Gasteiger partial charge is 0.366 e. The van der Waals surface area contributed by atoms with E-state index in [-0.39, 0.29) is 16.5 Å². The Labute approximate surface area is 122 Å². The molecule has 1 aliphatic heterocycles. The van der Waals surface area contributed by atoms with Gasteiger partial charge in [0.15, 0.2) is 0 Å². The van der Waals surface area contributed by atoms with Gasteiger partial charge in [-0.15, -0.1) is 0 Å². The van der Waals surface area contributed by atoms with Gasteiger partial charge in [-0.1, -0.05) is 11.6 Å². The molecule has 6 heteroatoms.